The Morgan fingerprint density at radius 3 is 2.68 bits per heavy atom. The standard InChI is InChI=1S/C16H26N4O2/c1-2-3-4-12-5-7-13(8-6-12)16-15(9-17)18-19-20(16)10-14(22)11-21/h12-14,21-22H,2-8,10-11H2,1H3. The van der Waals surface area contributed by atoms with Crippen molar-refractivity contribution >= 4 is 0 Å². The minimum atomic E-state index is -0.868. The fourth-order valence-electron chi connectivity index (χ4n) is 3.41. The first-order chi connectivity index (χ1) is 10.7. The average molecular weight is 306 g/mol. The van der Waals surface area contributed by atoms with Gasteiger partial charge >= 0.3 is 0 Å². The summed E-state index contributed by atoms with van der Waals surface area (Å²) in [6.07, 6.45) is 7.43. The zero-order chi connectivity index (χ0) is 15.9. The second kappa shape index (κ2) is 8.25. The number of rotatable bonds is 7. The van der Waals surface area contributed by atoms with Crippen LogP contribution < -0.4 is 0 Å². The summed E-state index contributed by atoms with van der Waals surface area (Å²) in [4.78, 5) is 0. The van der Waals surface area contributed by atoms with Crippen molar-refractivity contribution in [3.63, 3.8) is 0 Å². The number of nitrogens with zero attached hydrogens (tertiary/aromatic N) is 4. The van der Waals surface area contributed by atoms with E-state index in [4.69, 9.17) is 5.11 Å². The van der Waals surface area contributed by atoms with Crippen LogP contribution >= 0.6 is 0 Å². The number of aliphatic hydroxyl groups excluding tert-OH is 2. The van der Waals surface area contributed by atoms with Gasteiger partial charge in [0.15, 0.2) is 5.69 Å². The summed E-state index contributed by atoms with van der Waals surface area (Å²) < 4.78 is 1.61. The highest BCUT2D eigenvalue weighted by atomic mass is 16.3. The van der Waals surface area contributed by atoms with Crippen molar-refractivity contribution in [1.82, 2.24) is 15.0 Å². The van der Waals surface area contributed by atoms with E-state index in [0.29, 0.717) is 5.69 Å². The molecule has 1 heterocycles. The molecule has 0 amide bonds. The normalized spacial score (nSPS) is 23.2. The van der Waals surface area contributed by atoms with Gasteiger partial charge in [0.2, 0.25) is 0 Å². The van der Waals surface area contributed by atoms with Gasteiger partial charge in [-0.15, -0.1) is 5.10 Å². The Morgan fingerprint density at radius 2 is 2.09 bits per heavy atom. The van der Waals surface area contributed by atoms with Crippen LogP contribution in [0, 0.1) is 17.2 Å². The molecule has 1 aromatic rings. The highest BCUT2D eigenvalue weighted by Crippen LogP contribution is 2.38. The van der Waals surface area contributed by atoms with E-state index in [1.807, 2.05) is 0 Å². The van der Waals surface area contributed by atoms with Crippen molar-refractivity contribution in [3.8, 4) is 6.07 Å². The Balaban J connectivity index is 2.05. The third kappa shape index (κ3) is 4.05. The van der Waals surface area contributed by atoms with Crippen LogP contribution in [0.25, 0.3) is 0 Å². The lowest BCUT2D eigenvalue weighted by atomic mass is 9.78. The minimum absolute atomic E-state index is 0.191. The Kier molecular flexibility index (Phi) is 6.34. The van der Waals surface area contributed by atoms with Crippen LogP contribution in [-0.4, -0.2) is 37.9 Å². The number of aromatic nitrogens is 3. The topological polar surface area (TPSA) is 95.0 Å². The fraction of sp³-hybridized carbons (Fsp3) is 0.812. The maximum Gasteiger partial charge on any atom is 0.186 e. The summed E-state index contributed by atoms with van der Waals surface area (Å²) in [6.45, 7) is 2.10. The van der Waals surface area contributed by atoms with E-state index in [2.05, 4.69) is 23.3 Å². The van der Waals surface area contributed by atoms with Crippen LogP contribution in [-0.2, 0) is 6.54 Å². The maximum atomic E-state index is 9.63. The van der Waals surface area contributed by atoms with Gasteiger partial charge < -0.3 is 10.2 Å². The van der Waals surface area contributed by atoms with Gasteiger partial charge in [0.1, 0.15) is 6.07 Å². The van der Waals surface area contributed by atoms with Crippen LogP contribution in [0.1, 0.15) is 69.2 Å². The molecule has 1 aliphatic rings. The van der Waals surface area contributed by atoms with Crippen molar-refractivity contribution in [1.29, 1.82) is 5.26 Å². The van der Waals surface area contributed by atoms with Crippen molar-refractivity contribution in [3.05, 3.63) is 11.4 Å². The average Bonchev–Trinajstić information content (AvgIpc) is 2.95. The van der Waals surface area contributed by atoms with Crippen LogP contribution in [0.2, 0.25) is 0 Å². The smallest absolute Gasteiger partial charge is 0.186 e. The van der Waals surface area contributed by atoms with Crippen molar-refractivity contribution in [2.75, 3.05) is 6.61 Å². The molecule has 0 saturated heterocycles. The van der Waals surface area contributed by atoms with E-state index in [1.54, 1.807) is 4.68 Å². The molecule has 1 aromatic heterocycles. The second-order valence-corrected chi connectivity index (χ2v) is 6.31. The number of aliphatic hydroxyl groups is 2. The molecule has 1 atom stereocenters. The highest BCUT2D eigenvalue weighted by Gasteiger charge is 2.28. The Morgan fingerprint density at radius 1 is 1.36 bits per heavy atom. The first kappa shape index (κ1) is 16.9. The van der Waals surface area contributed by atoms with Crippen LogP contribution in [0.3, 0.4) is 0 Å². The van der Waals surface area contributed by atoms with Crippen molar-refractivity contribution in [2.45, 2.75) is 70.4 Å². The van der Waals surface area contributed by atoms with Crippen molar-refractivity contribution < 1.29 is 10.2 Å². The molecule has 1 unspecified atom stereocenters. The zero-order valence-electron chi connectivity index (χ0n) is 13.3. The molecule has 1 saturated carbocycles. The van der Waals surface area contributed by atoms with Crippen LogP contribution in [0.15, 0.2) is 0 Å². The molecule has 0 bridgehead atoms. The summed E-state index contributed by atoms with van der Waals surface area (Å²) in [5, 5.41) is 35.8. The molecule has 0 spiro atoms. The van der Waals surface area contributed by atoms with E-state index < -0.39 is 6.10 Å². The summed E-state index contributed by atoms with van der Waals surface area (Å²) in [5.41, 5.74) is 1.20. The predicted molar refractivity (Wildman–Crippen MR) is 82.1 cm³/mol. The highest BCUT2D eigenvalue weighted by molar-refractivity contribution is 5.28. The quantitative estimate of drug-likeness (QED) is 0.803. The Hall–Kier alpha value is -1.45. The van der Waals surface area contributed by atoms with Gasteiger partial charge in [-0.3, -0.25) is 0 Å². The molecular weight excluding hydrogens is 280 g/mol. The number of hydrogen-bond acceptors (Lipinski definition) is 5. The van der Waals surface area contributed by atoms with Crippen LogP contribution in [0.4, 0.5) is 0 Å². The van der Waals surface area contributed by atoms with Gasteiger partial charge in [-0.1, -0.05) is 31.4 Å². The van der Waals surface area contributed by atoms with Crippen LogP contribution in [0.5, 0.6) is 0 Å². The largest absolute Gasteiger partial charge is 0.394 e. The summed E-state index contributed by atoms with van der Waals surface area (Å²) >= 11 is 0. The molecule has 22 heavy (non-hydrogen) atoms. The molecule has 2 rings (SSSR count). The van der Waals surface area contributed by atoms with E-state index >= 15 is 0 Å². The van der Waals surface area contributed by atoms with E-state index in [-0.39, 0.29) is 19.1 Å². The van der Waals surface area contributed by atoms with Gasteiger partial charge in [-0.25, -0.2) is 4.68 Å². The fourth-order valence-corrected chi connectivity index (χ4v) is 3.41. The van der Waals surface area contributed by atoms with Crippen molar-refractivity contribution in [2.24, 2.45) is 5.92 Å². The third-order valence-corrected chi connectivity index (χ3v) is 4.67. The van der Waals surface area contributed by atoms with Gasteiger partial charge in [0.05, 0.1) is 24.9 Å². The first-order valence-electron chi connectivity index (χ1n) is 8.31. The number of hydrogen-bond donors (Lipinski definition) is 2. The van der Waals surface area contributed by atoms with Gasteiger partial charge in [-0.2, -0.15) is 5.26 Å². The SMILES string of the molecule is CCCCC1CCC(c2c(C#N)nnn2CC(O)CO)CC1. The minimum Gasteiger partial charge on any atom is -0.394 e. The molecule has 6 nitrogen and oxygen atoms in total. The molecule has 122 valence electrons. The molecule has 6 heteroatoms. The lowest BCUT2D eigenvalue weighted by Crippen LogP contribution is -2.24. The summed E-state index contributed by atoms with van der Waals surface area (Å²) in [5.74, 6) is 1.09. The first-order valence-corrected chi connectivity index (χ1v) is 8.31. The van der Waals surface area contributed by atoms with Gasteiger partial charge in [0.25, 0.3) is 0 Å². The molecule has 0 aromatic carbocycles. The Labute approximate surface area is 131 Å². The Bertz CT molecular complexity index is 501. The molecule has 2 N–H and O–H groups in total. The van der Waals surface area contributed by atoms with Gasteiger partial charge in [-0.05, 0) is 31.6 Å². The summed E-state index contributed by atoms with van der Waals surface area (Å²) in [7, 11) is 0. The molecular formula is C16H26N4O2. The number of nitriles is 1. The molecule has 1 fully saturated rings. The second-order valence-electron chi connectivity index (χ2n) is 6.31. The van der Waals surface area contributed by atoms with Gasteiger partial charge in [0, 0.05) is 5.92 Å². The van der Waals surface area contributed by atoms with E-state index in [9.17, 15) is 10.4 Å². The zero-order valence-corrected chi connectivity index (χ0v) is 13.3. The lowest BCUT2D eigenvalue weighted by molar-refractivity contribution is 0.0764. The maximum absolute atomic E-state index is 9.63. The monoisotopic (exact) mass is 306 g/mol. The van der Waals surface area contributed by atoms with E-state index in [0.717, 1.165) is 24.5 Å². The molecule has 0 aliphatic heterocycles. The third-order valence-electron chi connectivity index (χ3n) is 4.67. The predicted octanol–water partition coefficient (Wildman–Crippen LogP) is 1.97. The molecule has 1 aliphatic carbocycles. The lowest BCUT2D eigenvalue weighted by Gasteiger charge is -2.29. The molecule has 0 radical (unpaired) electrons. The number of unbranched alkanes of at least 4 members (excludes halogenated alkanes) is 1. The summed E-state index contributed by atoms with van der Waals surface area (Å²) in [6, 6.07) is 2.11. The van der Waals surface area contributed by atoms with E-state index in [1.165, 1.54) is 32.1 Å².